The van der Waals surface area contributed by atoms with Crippen LogP contribution in [0.2, 0.25) is 0 Å². The van der Waals surface area contributed by atoms with Gasteiger partial charge in [-0.25, -0.2) is 4.98 Å². The van der Waals surface area contributed by atoms with Crippen LogP contribution in [0.1, 0.15) is 18.7 Å². The lowest BCUT2D eigenvalue weighted by molar-refractivity contribution is 0.0684. The first-order chi connectivity index (χ1) is 6.40. The molecule has 13 heavy (non-hydrogen) atoms. The minimum atomic E-state index is 0.413. The summed E-state index contributed by atoms with van der Waals surface area (Å²) in [6.45, 7) is 1.25. The van der Waals surface area contributed by atoms with Crippen molar-refractivity contribution in [3.05, 3.63) is 18.2 Å². The average molecular weight is 177 g/mol. The number of hydrogen-bond acceptors (Lipinski definition) is 3. The topological polar surface area (TPSA) is 50.8 Å². The summed E-state index contributed by atoms with van der Waals surface area (Å²) in [7, 11) is 0. The minimum absolute atomic E-state index is 0.413. The van der Waals surface area contributed by atoms with Gasteiger partial charge in [0.25, 0.3) is 0 Å². The summed E-state index contributed by atoms with van der Waals surface area (Å²) >= 11 is 0. The molecule has 4 heteroatoms. The largest absolute Gasteiger partial charge is 0.360 e. The molecule has 0 amide bonds. The van der Waals surface area contributed by atoms with E-state index in [1.165, 1.54) is 12.8 Å². The standard InChI is InChI=1S/C9H11N3O/c10-5-9-11-3-4-12(9)7-13-6-8-1-2-8/h3-4,8H,1-2,6-7H2. The first kappa shape index (κ1) is 8.27. The van der Waals surface area contributed by atoms with E-state index in [1.54, 1.807) is 17.0 Å². The third-order valence-electron chi connectivity index (χ3n) is 2.10. The predicted octanol–water partition coefficient (Wildman–Crippen LogP) is 1.14. The lowest BCUT2D eigenvalue weighted by Crippen LogP contribution is -2.05. The van der Waals surface area contributed by atoms with Crippen molar-refractivity contribution in [2.75, 3.05) is 6.61 Å². The van der Waals surface area contributed by atoms with Crippen LogP contribution in [0.3, 0.4) is 0 Å². The molecule has 0 atom stereocenters. The van der Waals surface area contributed by atoms with Gasteiger partial charge in [0.05, 0.1) is 6.61 Å². The van der Waals surface area contributed by atoms with E-state index in [0.717, 1.165) is 12.5 Å². The molecule has 0 saturated heterocycles. The predicted molar refractivity (Wildman–Crippen MR) is 45.6 cm³/mol. The molecule has 0 radical (unpaired) electrons. The summed E-state index contributed by atoms with van der Waals surface area (Å²) in [6.07, 6.45) is 5.94. The van der Waals surface area contributed by atoms with Crippen LogP contribution in [0.5, 0.6) is 0 Å². The Morgan fingerprint density at radius 1 is 1.69 bits per heavy atom. The van der Waals surface area contributed by atoms with Gasteiger partial charge < -0.3 is 4.74 Å². The molecule has 68 valence electrons. The van der Waals surface area contributed by atoms with Gasteiger partial charge in [-0.05, 0) is 18.8 Å². The van der Waals surface area contributed by atoms with Crippen LogP contribution in [0, 0.1) is 17.2 Å². The normalized spacial score (nSPS) is 15.6. The summed E-state index contributed by atoms with van der Waals surface area (Å²) in [5.41, 5.74) is 0. The maximum atomic E-state index is 8.64. The third kappa shape index (κ3) is 2.07. The van der Waals surface area contributed by atoms with Crippen LogP contribution in [-0.2, 0) is 11.5 Å². The molecule has 0 N–H and O–H groups in total. The average Bonchev–Trinajstić information content (AvgIpc) is 2.84. The monoisotopic (exact) mass is 177 g/mol. The van der Waals surface area contributed by atoms with E-state index >= 15 is 0 Å². The van der Waals surface area contributed by atoms with Crippen LogP contribution in [0.25, 0.3) is 0 Å². The summed E-state index contributed by atoms with van der Waals surface area (Å²) < 4.78 is 7.13. The van der Waals surface area contributed by atoms with E-state index in [9.17, 15) is 0 Å². The maximum Gasteiger partial charge on any atom is 0.214 e. The zero-order valence-electron chi connectivity index (χ0n) is 7.31. The molecule has 4 nitrogen and oxygen atoms in total. The number of imidazole rings is 1. The van der Waals surface area contributed by atoms with E-state index in [-0.39, 0.29) is 0 Å². The van der Waals surface area contributed by atoms with Crippen molar-refractivity contribution in [2.45, 2.75) is 19.6 Å². The van der Waals surface area contributed by atoms with E-state index < -0.39 is 0 Å². The molecule has 1 aromatic rings. The van der Waals surface area contributed by atoms with Gasteiger partial charge in [-0.15, -0.1) is 0 Å². The molecule has 0 spiro atoms. The van der Waals surface area contributed by atoms with Crippen molar-refractivity contribution in [3.8, 4) is 6.07 Å². The van der Waals surface area contributed by atoms with Gasteiger partial charge in [0, 0.05) is 12.4 Å². The van der Waals surface area contributed by atoms with Crippen LogP contribution in [-0.4, -0.2) is 16.2 Å². The number of hydrogen-bond donors (Lipinski definition) is 0. The quantitative estimate of drug-likeness (QED) is 0.693. The Hall–Kier alpha value is -1.34. The van der Waals surface area contributed by atoms with Gasteiger partial charge in [0.2, 0.25) is 5.82 Å². The van der Waals surface area contributed by atoms with Gasteiger partial charge in [-0.2, -0.15) is 5.26 Å². The molecule has 1 aromatic heterocycles. The molecular formula is C9H11N3O. The Morgan fingerprint density at radius 2 is 2.54 bits per heavy atom. The van der Waals surface area contributed by atoms with Crippen molar-refractivity contribution < 1.29 is 4.74 Å². The lowest BCUT2D eigenvalue weighted by Gasteiger charge is -2.03. The molecule has 0 bridgehead atoms. The molecule has 1 aliphatic rings. The van der Waals surface area contributed by atoms with Gasteiger partial charge in [-0.1, -0.05) is 0 Å². The zero-order chi connectivity index (χ0) is 9.10. The number of ether oxygens (including phenoxy) is 1. The van der Waals surface area contributed by atoms with E-state index in [1.807, 2.05) is 6.07 Å². The first-order valence-electron chi connectivity index (χ1n) is 4.39. The maximum absolute atomic E-state index is 8.64. The first-order valence-corrected chi connectivity index (χ1v) is 4.39. The van der Waals surface area contributed by atoms with Crippen molar-refractivity contribution in [1.29, 1.82) is 5.26 Å². The van der Waals surface area contributed by atoms with Crippen molar-refractivity contribution >= 4 is 0 Å². The Bertz CT molecular complexity index is 322. The van der Waals surface area contributed by atoms with Gasteiger partial charge in [0.15, 0.2) is 0 Å². The van der Waals surface area contributed by atoms with Crippen molar-refractivity contribution in [3.63, 3.8) is 0 Å². The smallest absolute Gasteiger partial charge is 0.214 e. The second kappa shape index (κ2) is 3.58. The van der Waals surface area contributed by atoms with Crippen LogP contribution >= 0.6 is 0 Å². The molecule has 0 unspecified atom stereocenters. The molecule has 1 aliphatic carbocycles. The number of aromatic nitrogens is 2. The van der Waals surface area contributed by atoms with Gasteiger partial charge >= 0.3 is 0 Å². The fraction of sp³-hybridized carbons (Fsp3) is 0.556. The Morgan fingerprint density at radius 3 is 3.23 bits per heavy atom. The van der Waals surface area contributed by atoms with Crippen LogP contribution in [0.15, 0.2) is 12.4 Å². The number of nitrogens with zero attached hydrogens (tertiary/aromatic N) is 3. The minimum Gasteiger partial charge on any atom is -0.360 e. The van der Waals surface area contributed by atoms with E-state index in [2.05, 4.69) is 4.98 Å². The van der Waals surface area contributed by atoms with Crippen molar-refractivity contribution in [2.24, 2.45) is 5.92 Å². The fourth-order valence-corrected chi connectivity index (χ4v) is 1.13. The lowest BCUT2D eigenvalue weighted by atomic mass is 10.5. The SMILES string of the molecule is N#Cc1nccn1COCC1CC1. The highest BCUT2D eigenvalue weighted by Crippen LogP contribution is 2.28. The fourth-order valence-electron chi connectivity index (χ4n) is 1.13. The summed E-state index contributed by atoms with van der Waals surface area (Å²) in [5.74, 6) is 1.17. The molecule has 1 saturated carbocycles. The van der Waals surface area contributed by atoms with E-state index in [4.69, 9.17) is 10.00 Å². The molecule has 2 rings (SSSR count). The van der Waals surface area contributed by atoms with Crippen LogP contribution < -0.4 is 0 Å². The third-order valence-corrected chi connectivity index (χ3v) is 2.10. The van der Waals surface area contributed by atoms with Gasteiger partial charge in [-0.3, -0.25) is 4.57 Å². The second-order valence-corrected chi connectivity index (χ2v) is 3.28. The van der Waals surface area contributed by atoms with Crippen LogP contribution in [0.4, 0.5) is 0 Å². The van der Waals surface area contributed by atoms with Crippen molar-refractivity contribution in [1.82, 2.24) is 9.55 Å². The molecular weight excluding hydrogens is 166 g/mol. The highest BCUT2D eigenvalue weighted by molar-refractivity contribution is 5.10. The number of rotatable bonds is 4. The Balaban J connectivity index is 1.82. The zero-order valence-corrected chi connectivity index (χ0v) is 7.31. The summed E-state index contributed by atoms with van der Waals surface area (Å²) in [4.78, 5) is 3.87. The Kier molecular flexibility index (Phi) is 2.28. The second-order valence-electron chi connectivity index (χ2n) is 3.28. The highest BCUT2D eigenvalue weighted by Gasteiger charge is 2.21. The molecule has 1 heterocycles. The van der Waals surface area contributed by atoms with E-state index in [0.29, 0.717) is 12.6 Å². The Labute approximate surface area is 76.8 Å². The van der Waals surface area contributed by atoms with Gasteiger partial charge in [0.1, 0.15) is 12.8 Å². The molecule has 0 aliphatic heterocycles. The summed E-state index contributed by atoms with van der Waals surface area (Å²) in [6, 6.07) is 2.00. The molecule has 1 fully saturated rings. The highest BCUT2D eigenvalue weighted by atomic mass is 16.5. The summed E-state index contributed by atoms with van der Waals surface area (Å²) in [5, 5.41) is 8.64. The number of nitriles is 1. The molecule has 0 aromatic carbocycles.